The van der Waals surface area contributed by atoms with Crippen molar-refractivity contribution in [2.24, 2.45) is 0 Å². The summed E-state index contributed by atoms with van der Waals surface area (Å²) in [5, 5.41) is 2.28. The number of nitrogens with one attached hydrogen (secondary N) is 1. The summed E-state index contributed by atoms with van der Waals surface area (Å²) in [5.74, 6) is -0.757. The van der Waals surface area contributed by atoms with E-state index in [0.29, 0.717) is 18.5 Å². The number of carbonyl (C=O) groups excluding carboxylic acids is 3. The van der Waals surface area contributed by atoms with Crippen LogP contribution in [0.3, 0.4) is 0 Å². The van der Waals surface area contributed by atoms with Crippen LogP contribution >= 0.6 is 0 Å². The van der Waals surface area contributed by atoms with E-state index in [9.17, 15) is 14.4 Å². The molecule has 0 aliphatic carbocycles. The fraction of sp³-hybridized carbons (Fsp3) is 0.400. The Morgan fingerprint density at radius 1 is 1.15 bits per heavy atom. The van der Waals surface area contributed by atoms with Crippen molar-refractivity contribution >= 4 is 17.7 Å². The number of piperidine rings is 1. The van der Waals surface area contributed by atoms with Crippen LogP contribution in [-0.2, 0) is 16.1 Å². The van der Waals surface area contributed by atoms with Crippen molar-refractivity contribution in [3.05, 3.63) is 35.4 Å². The molecule has 1 N–H and O–H groups in total. The highest BCUT2D eigenvalue weighted by atomic mass is 16.2. The first-order valence-electron chi connectivity index (χ1n) is 6.89. The molecule has 1 fully saturated rings. The summed E-state index contributed by atoms with van der Waals surface area (Å²) in [6.07, 6.45) is 0.695. The van der Waals surface area contributed by atoms with Crippen molar-refractivity contribution in [3.8, 4) is 0 Å². The van der Waals surface area contributed by atoms with Gasteiger partial charge in [0, 0.05) is 18.5 Å². The van der Waals surface area contributed by atoms with Crippen LogP contribution in [0, 0.1) is 0 Å². The number of rotatable bonds is 1. The minimum absolute atomic E-state index is 0.125. The summed E-state index contributed by atoms with van der Waals surface area (Å²) in [6.45, 7) is 4.45. The summed E-state index contributed by atoms with van der Waals surface area (Å²) in [5.41, 5.74) is 1.59. The first kappa shape index (κ1) is 14.2. The fourth-order valence-electron chi connectivity index (χ4n) is 2.51. The highest BCUT2D eigenvalue weighted by Gasteiger charge is 2.38. The summed E-state index contributed by atoms with van der Waals surface area (Å²) < 4.78 is 0. The standard InChI is InChI=1S/C13H12N2O3.C2H6/c16-11-6-5-10(12(17)14-11)15-7-8-3-1-2-4-9(8)13(15)18;1-2/h1-4,10H,5-7H2,(H,14,16,17);1-2H3. The minimum Gasteiger partial charge on any atom is -0.322 e. The molecule has 0 radical (unpaired) electrons. The molecule has 0 saturated carbocycles. The lowest BCUT2D eigenvalue weighted by molar-refractivity contribution is -0.136. The second kappa shape index (κ2) is 5.86. The maximum absolute atomic E-state index is 12.2. The topological polar surface area (TPSA) is 66.5 Å². The maximum Gasteiger partial charge on any atom is 0.255 e. The lowest BCUT2D eigenvalue weighted by atomic mass is 10.0. The molecule has 3 rings (SSSR count). The Kier molecular flexibility index (Phi) is 4.17. The van der Waals surface area contributed by atoms with Gasteiger partial charge >= 0.3 is 0 Å². The van der Waals surface area contributed by atoms with E-state index in [4.69, 9.17) is 0 Å². The van der Waals surface area contributed by atoms with Gasteiger partial charge in [-0.1, -0.05) is 32.0 Å². The third-order valence-corrected chi connectivity index (χ3v) is 3.44. The van der Waals surface area contributed by atoms with Gasteiger partial charge in [-0.3, -0.25) is 19.7 Å². The van der Waals surface area contributed by atoms with Gasteiger partial charge in [0.15, 0.2) is 0 Å². The Hall–Kier alpha value is -2.17. The summed E-state index contributed by atoms with van der Waals surface area (Å²) >= 11 is 0. The van der Waals surface area contributed by atoms with E-state index in [0.717, 1.165) is 5.56 Å². The van der Waals surface area contributed by atoms with Crippen LogP contribution in [-0.4, -0.2) is 28.7 Å². The van der Waals surface area contributed by atoms with E-state index in [2.05, 4.69) is 5.32 Å². The molecule has 2 aliphatic rings. The molecule has 0 bridgehead atoms. The number of hydrogen-bond acceptors (Lipinski definition) is 3. The molecule has 1 unspecified atom stereocenters. The van der Waals surface area contributed by atoms with Gasteiger partial charge in [-0.2, -0.15) is 0 Å². The first-order valence-corrected chi connectivity index (χ1v) is 6.89. The maximum atomic E-state index is 12.2. The zero-order valence-corrected chi connectivity index (χ0v) is 11.7. The zero-order chi connectivity index (χ0) is 14.7. The summed E-state index contributed by atoms with van der Waals surface area (Å²) in [6, 6.07) is 6.82. The van der Waals surface area contributed by atoms with Gasteiger partial charge in [-0.25, -0.2) is 0 Å². The Balaban J connectivity index is 0.000000704. The van der Waals surface area contributed by atoms with Crippen molar-refractivity contribution < 1.29 is 14.4 Å². The predicted octanol–water partition coefficient (Wildman–Crippen LogP) is 1.47. The Bertz CT molecular complexity index is 554. The molecule has 1 saturated heterocycles. The number of imide groups is 1. The minimum atomic E-state index is -0.525. The molecule has 1 aromatic carbocycles. The molecule has 2 aliphatic heterocycles. The van der Waals surface area contributed by atoms with Crippen LogP contribution in [0.25, 0.3) is 0 Å². The predicted molar refractivity (Wildman–Crippen MR) is 73.8 cm³/mol. The number of amides is 3. The van der Waals surface area contributed by atoms with E-state index < -0.39 is 6.04 Å². The average Bonchev–Trinajstić information content (AvgIpc) is 2.79. The van der Waals surface area contributed by atoms with Crippen molar-refractivity contribution in [1.82, 2.24) is 10.2 Å². The molecule has 3 amide bonds. The van der Waals surface area contributed by atoms with Gasteiger partial charge in [0.05, 0.1) is 0 Å². The van der Waals surface area contributed by atoms with Gasteiger partial charge in [0.2, 0.25) is 11.8 Å². The van der Waals surface area contributed by atoms with Crippen molar-refractivity contribution in [1.29, 1.82) is 0 Å². The number of nitrogens with zero attached hydrogens (tertiary/aromatic N) is 1. The Morgan fingerprint density at radius 3 is 2.50 bits per heavy atom. The van der Waals surface area contributed by atoms with Crippen LogP contribution in [0.5, 0.6) is 0 Å². The van der Waals surface area contributed by atoms with E-state index in [-0.39, 0.29) is 24.1 Å². The van der Waals surface area contributed by atoms with Crippen LogP contribution < -0.4 is 5.32 Å². The quantitative estimate of drug-likeness (QED) is 0.789. The highest BCUT2D eigenvalue weighted by molar-refractivity contribution is 6.05. The number of hydrogen-bond donors (Lipinski definition) is 1. The fourth-order valence-corrected chi connectivity index (χ4v) is 2.51. The Morgan fingerprint density at radius 2 is 1.85 bits per heavy atom. The van der Waals surface area contributed by atoms with Crippen molar-refractivity contribution in [3.63, 3.8) is 0 Å². The van der Waals surface area contributed by atoms with Crippen LogP contribution in [0.1, 0.15) is 42.6 Å². The van der Waals surface area contributed by atoms with E-state index >= 15 is 0 Å². The zero-order valence-electron chi connectivity index (χ0n) is 11.7. The molecule has 1 atom stereocenters. The van der Waals surface area contributed by atoms with Crippen LogP contribution in [0.2, 0.25) is 0 Å². The normalized spacial score (nSPS) is 21.0. The van der Waals surface area contributed by atoms with Crippen molar-refractivity contribution in [2.45, 2.75) is 39.3 Å². The number of benzene rings is 1. The van der Waals surface area contributed by atoms with Gasteiger partial charge in [0.25, 0.3) is 5.91 Å². The smallest absolute Gasteiger partial charge is 0.255 e. The molecular weight excluding hydrogens is 256 g/mol. The van der Waals surface area contributed by atoms with Gasteiger partial charge in [-0.15, -0.1) is 0 Å². The monoisotopic (exact) mass is 274 g/mol. The summed E-state index contributed by atoms with van der Waals surface area (Å²) in [4.78, 5) is 36.6. The molecule has 0 aromatic heterocycles. The third-order valence-electron chi connectivity index (χ3n) is 3.44. The second-order valence-corrected chi connectivity index (χ2v) is 4.56. The van der Waals surface area contributed by atoms with Crippen LogP contribution in [0.15, 0.2) is 24.3 Å². The van der Waals surface area contributed by atoms with E-state index in [1.165, 1.54) is 0 Å². The van der Waals surface area contributed by atoms with Crippen LogP contribution in [0.4, 0.5) is 0 Å². The average molecular weight is 274 g/mol. The van der Waals surface area contributed by atoms with Gasteiger partial charge in [0.1, 0.15) is 6.04 Å². The number of carbonyl (C=O) groups is 3. The number of fused-ring (bicyclic) bond motifs is 1. The highest BCUT2D eigenvalue weighted by Crippen LogP contribution is 2.26. The SMILES string of the molecule is CC.O=C1CCC(N2Cc3ccccc3C2=O)C(=O)N1. The molecule has 2 heterocycles. The molecule has 20 heavy (non-hydrogen) atoms. The molecule has 5 heteroatoms. The molecule has 106 valence electrons. The lowest BCUT2D eigenvalue weighted by Crippen LogP contribution is -2.52. The Labute approximate surface area is 118 Å². The van der Waals surface area contributed by atoms with E-state index in [1.807, 2.05) is 32.0 Å². The summed E-state index contributed by atoms with van der Waals surface area (Å²) in [7, 11) is 0. The molecule has 5 nitrogen and oxygen atoms in total. The third kappa shape index (κ3) is 2.43. The first-order chi connectivity index (χ1) is 9.66. The van der Waals surface area contributed by atoms with E-state index in [1.54, 1.807) is 11.0 Å². The van der Waals surface area contributed by atoms with Crippen molar-refractivity contribution in [2.75, 3.05) is 0 Å². The van der Waals surface area contributed by atoms with Gasteiger partial charge in [-0.05, 0) is 18.1 Å². The lowest BCUT2D eigenvalue weighted by Gasteiger charge is -2.29. The molecule has 1 aromatic rings. The molecule has 0 spiro atoms. The molecular formula is C15H18N2O3. The second-order valence-electron chi connectivity index (χ2n) is 4.56. The largest absolute Gasteiger partial charge is 0.322 e. The van der Waals surface area contributed by atoms with Gasteiger partial charge < -0.3 is 4.90 Å².